The van der Waals surface area contributed by atoms with Crippen molar-refractivity contribution in [1.29, 1.82) is 0 Å². The van der Waals surface area contributed by atoms with Crippen LogP contribution in [0.4, 0.5) is 0 Å². The summed E-state index contributed by atoms with van der Waals surface area (Å²) in [7, 11) is 0. The molecule has 132 valence electrons. The van der Waals surface area contributed by atoms with Gasteiger partial charge in [0.25, 0.3) is 0 Å². The molecule has 2 N–H and O–H groups in total. The molecular formula is C20H29NO3. The number of primary amides is 1. The van der Waals surface area contributed by atoms with Gasteiger partial charge in [-0.05, 0) is 82.4 Å². The molecule has 4 heteroatoms. The van der Waals surface area contributed by atoms with Gasteiger partial charge in [-0.15, -0.1) is 0 Å². The normalized spacial score (nSPS) is 21.3. The molecule has 1 fully saturated rings. The molecule has 1 amide bonds. The van der Waals surface area contributed by atoms with Crippen molar-refractivity contribution in [3.8, 4) is 0 Å². The lowest BCUT2D eigenvalue weighted by Crippen LogP contribution is -2.24. The highest BCUT2D eigenvalue weighted by Crippen LogP contribution is 2.37. The van der Waals surface area contributed by atoms with Crippen LogP contribution in [-0.4, -0.2) is 17.5 Å². The first-order chi connectivity index (χ1) is 11.2. The third-order valence-corrected chi connectivity index (χ3v) is 4.69. The molecule has 4 nitrogen and oxygen atoms in total. The Morgan fingerprint density at radius 1 is 1.08 bits per heavy atom. The molecule has 0 spiro atoms. The van der Waals surface area contributed by atoms with Crippen LogP contribution in [0.3, 0.4) is 0 Å². The Balaban J connectivity index is 1.77. The summed E-state index contributed by atoms with van der Waals surface area (Å²) in [6.07, 6.45) is 5.99. The van der Waals surface area contributed by atoms with Crippen molar-refractivity contribution >= 4 is 11.9 Å². The van der Waals surface area contributed by atoms with E-state index < -0.39 is 5.60 Å². The maximum absolute atomic E-state index is 11.8. The number of nitrogens with two attached hydrogens (primary N) is 1. The number of amides is 1. The number of carbonyl (C=O) groups excluding carboxylic acids is 2. The number of esters is 1. The highest BCUT2D eigenvalue weighted by molar-refractivity contribution is 5.92. The second-order valence-corrected chi connectivity index (χ2v) is 7.83. The molecule has 1 aliphatic rings. The summed E-state index contributed by atoms with van der Waals surface area (Å²) in [5.41, 5.74) is 6.73. The van der Waals surface area contributed by atoms with Gasteiger partial charge < -0.3 is 10.5 Å². The molecule has 0 bridgehead atoms. The van der Waals surface area contributed by atoms with Crippen molar-refractivity contribution in [1.82, 2.24) is 0 Å². The van der Waals surface area contributed by atoms with Crippen molar-refractivity contribution in [2.24, 2.45) is 11.7 Å². The number of carbonyl (C=O) groups is 2. The zero-order chi connectivity index (χ0) is 17.7. The predicted molar refractivity (Wildman–Crippen MR) is 94.7 cm³/mol. The van der Waals surface area contributed by atoms with E-state index in [4.69, 9.17) is 10.5 Å². The summed E-state index contributed by atoms with van der Waals surface area (Å²) < 4.78 is 5.37. The molecule has 0 radical (unpaired) electrons. The van der Waals surface area contributed by atoms with Gasteiger partial charge in [0.1, 0.15) is 5.60 Å². The first kappa shape index (κ1) is 18.5. The van der Waals surface area contributed by atoms with E-state index in [9.17, 15) is 9.59 Å². The van der Waals surface area contributed by atoms with Gasteiger partial charge in [-0.2, -0.15) is 0 Å². The van der Waals surface area contributed by atoms with Crippen LogP contribution in [0.15, 0.2) is 24.3 Å². The van der Waals surface area contributed by atoms with Gasteiger partial charge in [-0.25, -0.2) is 0 Å². The molecule has 1 aromatic carbocycles. The first-order valence-corrected chi connectivity index (χ1v) is 8.86. The predicted octanol–water partition coefficient (Wildman–Crippen LogP) is 4.18. The molecule has 0 aliphatic heterocycles. The number of benzene rings is 1. The summed E-state index contributed by atoms with van der Waals surface area (Å²) in [5, 5.41) is 0. The second kappa shape index (κ2) is 7.82. The summed E-state index contributed by atoms with van der Waals surface area (Å²) in [4.78, 5) is 22.9. The highest BCUT2D eigenvalue weighted by Gasteiger charge is 2.24. The van der Waals surface area contributed by atoms with Gasteiger partial charge in [0.2, 0.25) is 5.91 Å². The van der Waals surface area contributed by atoms with Gasteiger partial charge in [0.05, 0.1) is 0 Å². The monoisotopic (exact) mass is 331 g/mol. The Hall–Kier alpha value is -1.84. The molecular weight excluding hydrogens is 302 g/mol. The Bertz CT molecular complexity index is 564. The van der Waals surface area contributed by atoms with Crippen LogP contribution < -0.4 is 5.73 Å². The third kappa shape index (κ3) is 5.66. The molecule has 0 heterocycles. The summed E-state index contributed by atoms with van der Waals surface area (Å²) in [6.45, 7) is 5.71. The molecule has 0 unspecified atom stereocenters. The smallest absolute Gasteiger partial charge is 0.306 e. The Morgan fingerprint density at radius 3 is 2.17 bits per heavy atom. The summed E-state index contributed by atoms with van der Waals surface area (Å²) >= 11 is 0. The number of ether oxygens (including phenoxy) is 1. The van der Waals surface area contributed by atoms with Crippen molar-refractivity contribution in [2.75, 3.05) is 0 Å². The van der Waals surface area contributed by atoms with Crippen LogP contribution in [0.1, 0.15) is 81.1 Å². The molecule has 0 aromatic heterocycles. The van der Waals surface area contributed by atoms with Crippen molar-refractivity contribution in [2.45, 2.75) is 70.8 Å². The molecule has 1 aliphatic carbocycles. The van der Waals surface area contributed by atoms with Gasteiger partial charge in [0.15, 0.2) is 0 Å². The SMILES string of the molecule is CC(C)(C)OC(=O)CCC1CCC(c2ccc(C(N)=O)cc2)CC1. The maximum atomic E-state index is 11.8. The minimum Gasteiger partial charge on any atom is -0.460 e. The average Bonchev–Trinajstić information content (AvgIpc) is 2.52. The third-order valence-electron chi connectivity index (χ3n) is 4.69. The average molecular weight is 331 g/mol. The highest BCUT2D eigenvalue weighted by atomic mass is 16.6. The van der Waals surface area contributed by atoms with E-state index in [0.29, 0.717) is 23.8 Å². The van der Waals surface area contributed by atoms with Crippen LogP contribution in [0.5, 0.6) is 0 Å². The number of hydrogen-bond acceptors (Lipinski definition) is 3. The molecule has 1 aromatic rings. The van der Waals surface area contributed by atoms with Crippen molar-refractivity contribution < 1.29 is 14.3 Å². The van der Waals surface area contributed by atoms with Crippen LogP contribution in [-0.2, 0) is 9.53 Å². The van der Waals surface area contributed by atoms with Crippen LogP contribution >= 0.6 is 0 Å². The van der Waals surface area contributed by atoms with E-state index in [0.717, 1.165) is 32.1 Å². The van der Waals surface area contributed by atoms with Gasteiger partial charge in [-0.3, -0.25) is 9.59 Å². The topological polar surface area (TPSA) is 69.4 Å². The van der Waals surface area contributed by atoms with E-state index in [1.165, 1.54) is 5.56 Å². The fraction of sp³-hybridized carbons (Fsp3) is 0.600. The van der Waals surface area contributed by atoms with E-state index in [1.54, 1.807) is 0 Å². The zero-order valence-electron chi connectivity index (χ0n) is 15.0. The van der Waals surface area contributed by atoms with Gasteiger partial charge >= 0.3 is 5.97 Å². The minimum absolute atomic E-state index is 0.0911. The lowest BCUT2D eigenvalue weighted by Gasteiger charge is -2.29. The summed E-state index contributed by atoms with van der Waals surface area (Å²) in [5.74, 6) is 0.683. The molecule has 2 rings (SSSR count). The Labute approximate surface area is 144 Å². The van der Waals surface area contributed by atoms with Crippen molar-refractivity contribution in [3.63, 3.8) is 0 Å². The molecule has 24 heavy (non-hydrogen) atoms. The number of hydrogen-bond donors (Lipinski definition) is 1. The van der Waals surface area contributed by atoms with Crippen LogP contribution in [0.25, 0.3) is 0 Å². The van der Waals surface area contributed by atoms with Gasteiger partial charge in [0, 0.05) is 12.0 Å². The lowest BCUT2D eigenvalue weighted by molar-refractivity contribution is -0.155. The largest absolute Gasteiger partial charge is 0.460 e. The van der Waals surface area contributed by atoms with E-state index in [1.807, 2.05) is 45.0 Å². The first-order valence-electron chi connectivity index (χ1n) is 8.86. The van der Waals surface area contributed by atoms with E-state index in [-0.39, 0.29) is 11.9 Å². The van der Waals surface area contributed by atoms with E-state index >= 15 is 0 Å². The molecule has 0 saturated heterocycles. The second-order valence-electron chi connectivity index (χ2n) is 7.83. The standard InChI is InChI=1S/C20H29NO3/c1-20(2,3)24-18(22)13-6-14-4-7-15(8-5-14)16-9-11-17(12-10-16)19(21)23/h9-12,14-15H,4-8,13H2,1-3H3,(H2,21,23). The Kier molecular flexibility index (Phi) is 6.03. The van der Waals surface area contributed by atoms with Crippen molar-refractivity contribution in [3.05, 3.63) is 35.4 Å². The molecule has 0 atom stereocenters. The van der Waals surface area contributed by atoms with E-state index in [2.05, 4.69) is 0 Å². The minimum atomic E-state index is -0.397. The molecule has 1 saturated carbocycles. The number of rotatable bonds is 5. The quantitative estimate of drug-likeness (QED) is 0.823. The van der Waals surface area contributed by atoms with Crippen LogP contribution in [0.2, 0.25) is 0 Å². The fourth-order valence-corrected chi connectivity index (χ4v) is 3.42. The fourth-order valence-electron chi connectivity index (χ4n) is 3.42. The zero-order valence-corrected chi connectivity index (χ0v) is 15.0. The lowest BCUT2D eigenvalue weighted by atomic mass is 9.77. The maximum Gasteiger partial charge on any atom is 0.306 e. The Morgan fingerprint density at radius 2 is 1.67 bits per heavy atom. The van der Waals surface area contributed by atoms with Gasteiger partial charge in [-0.1, -0.05) is 12.1 Å². The summed E-state index contributed by atoms with van der Waals surface area (Å²) in [6, 6.07) is 7.66. The van der Waals surface area contributed by atoms with Crippen LogP contribution in [0, 0.1) is 5.92 Å².